The van der Waals surface area contributed by atoms with Crippen LogP contribution in [0.2, 0.25) is 0 Å². The number of ether oxygens (including phenoxy) is 1. The minimum absolute atomic E-state index is 0.00665. The third-order valence-electron chi connectivity index (χ3n) is 3.61. The smallest absolute Gasteiger partial charge is 0.165 e. The molecule has 0 fully saturated rings. The van der Waals surface area contributed by atoms with Crippen LogP contribution in [0.15, 0.2) is 18.2 Å². The fourth-order valence-corrected chi connectivity index (χ4v) is 2.17. The van der Waals surface area contributed by atoms with Crippen molar-refractivity contribution in [3.8, 4) is 5.75 Å². The normalized spacial score (nSPS) is 12.4. The molecule has 0 unspecified atom stereocenters. The molecule has 6 heteroatoms. The number of halogens is 1. The molecule has 0 bridgehead atoms. The van der Waals surface area contributed by atoms with Crippen molar-refractivity contribution in [2.24, 2.45) is 7.05 Å². The molecule has 114 valence electrons. The van der Waals surface area contributed by atoms with Crippen molar-refractivity contribution in [2.75, 3.05) is 7.11 Å². The molecule has 0 saturated heterocycles. The Morgan fingerprint density at radius 2 is 2.05 bits per heavy atom. The molecule has 0 spiro atoms. The molecule has 1 aromatic heterocycles. The summed E-state index contributed by atoms with van der Waals surface area (Å²) < 4.78 is 20.6. The van der Waals surface area contributed by atoms with E-state index in [0.717, 1.165) is 23.6 Å². The lowest BCUT2D eigenvalue weighted by atomic mass is 10.1. The minimum atomic E-state index is -0.351. The molecule has 0 aliphatic heterocycles. The molecule has 0 saturated carbocycles. The molecule has 0 aliphatic carbocycles. The number of nitrogens with one attached hydrogen (secondary N) is 1. The maximum atomic E-state index is 13.7. The highest BCUT2D eigenvalue weighted by Crippen LogP contribution is 2.21. The zero-order valence-electron chi connectivity index (χ0n) is 12.9. The van der Waals surface area contributed by atoms with Crippen LogP contribution in [0.4, 0.5) is 4.39 Å². The van der Waals surface area contributed by atoms with Crippen LogP contribution in [0, 0.1) is 5.82 Å². The van der Waals surface area contributed by atoms with Crippen LogP contribution in [-0.4, -0.2) is 21.9 Å². The van der Waals surface area contributed by atoms with Gasteiger partial charge < -0.3 is 14.6 Å². The van der Waals surface area contributed by atoms with E-state index in [4.69, 9.17) is 4.74 Å². The van der Waals surface area contributed by atoms with Crippen molar-refractivity contribution in [3.63, 3.8) is 0 Å². The van der Waals surface area contributed by atoms with E-state index in [1.165, 1.54) is 13.2 Å². The van der Waals surface area contributed by atoms with Gasteiger partial charge in [-0.2, -0.15) is 0 Å². The molecule has 1 N–H and O–H groups in total. The van der Waals surface area contributed by atoms with E-state index in [0.29, 0.717) is 6.54 Å². The van der Waals surface area contributed by atoms with Gasteiger partial charge in [-0.15, -0.1) is 10.2 Å². The van der Waals surface area contributed by atoms with Crippen LogP contribution >= 0.6 is 0 Å². The Morgan fingerprint density at radius 3 is 2.62 bits per heavy atom. The van der Waals surface area contributed by atoms with Crippen molar-refractivity contribution in [3.05, 3.63) is 41.2 Å². The molecule has 0 amide bonds. The third kappa shape index (κ3) is 3.39. The van der Waals surface area contributed by atoms with E-state index in [2.05, 4.69) is 15.5 Å². The molecule has 0 radical (unpaired) electrons. The number of hydrogen-bond donors (Lipinski definition) is 1. The van der Waals surface area contributed by atoms with Crippen molar-refractivity contribution in [1.82, 2.24) is 20.1 Å². The van der Waals surface area contributed by atoms with E-state index in [-0.39, 0.29) is 17.6 Å². The number of benzene rings is 1. The minimum Gasteiger partial charge on any atom is -0.494 e. The summed E-state index contributed by atoms with van der Waals surface area (Å²) in [5.41, 5.74) is 0.867. The van der Waals surface area contributed by atoms with Gasteiger partial charge in [0.2, 0.25) is 0 Å². The summed E-state index contributed by atoms with van der Waals surface area (Å²) in [4.78, 5) is 0. The van der Waals surface area contributed by atoms with Crippen LogP contribution in [0.25, 0.3) is 0 Å². The Morgan fingerprint density at radius 1 is 1.33 bits per heavy atom. The number of aryl methyl sites for hydroxylation is 1. The summed E-state index contributed by atoms with van der Waals surface area (Å²) in [5.74, 6) is 1.73. The Bertz CT molecular complexity index is 612. The second kappa shape index (κ2) is 6.67. The van der Waals surface area contributed by atoms with E-state index < -0.39 is 0 Å². The second-order valence-electron chi connectivity index (χ2n) is 4.94. The molecule has 0 aliphatic rings. The van der Waals surface area contributed by atoms with Crippen LogP contribution in [0.1, 0.15) is 37.1 Å². The summed E-state index contributed by atoms with van der Waals surface area (Å²) >= 11 is 0. The lowest BCUT2D eigenvalue weighted by Gasteiger charge is -2.15. The number of methoxy groups -OCH3 is 1. The maximum absolute atomic E-state index is 13.7. The average molecular weight is 292 g/mol. The van der Waals surface area contributed by atoms with Gasteiger partial charge in [0, 0.05) is 19.5 Å². The lowest BCUT2D eigenvalue weighted by Crippen LogP contribution is -2.20. The molecule has 2 rings (SSSR count). The standard InChI is InChI=1S/C15H21FN4O/c1-5-14-18-19-15(20(14)3)9-17-10(2)11-6-7-13(21-4)12(16)8-11/h6-8,10,17H,5,9H2,1-4H3/t10-/m0/s1. The van der Waals surface area contributed by atoms with E-state index in [1.54, 1.807) is 6.07 Å². The SMILES string of the molecule is CCc1nnc(CN[C@@H](C)c2ccc(OC)c(F)c2)n1C. The molecule has 21 heavy (non-hydrogen) atoms. The first kappa shape index (κ1) is 15.4. The number of aromatic nitrogens is 3. The van der Waals surface area contributed by atoms with Gasteiger partial charge in [0.15, 0.2) is 11.6 Å². The first-order valence-electron chi connectivity index (χ1n) is 7.00. The van der Waals surface area contributed by atoms with E-state index in [1.807, 2.05) is 31.5 Å². The Kier molecular flexibility index (Phi) is 4.90. The molecule has 5 nitrogen and oxygen atoms in total. The number of nitrogens with zero attached hydrogens (tertiary/aromatic N) is 3. The van der Waals surface area contributed by atoms with Gasteiger partial charge in [-0.3, -0.25) is 0 Å². The third-order valence-corrected chi connectivity index (χ3v) is 3.61. The molecule has 1 aromatic carbocycles. The van der Waals surface area contributed by atoms with Gasteiger partial charge in [-0.1, -0.05) is 13.0 Å². The quantitative estimate of drug-likeness (QED) is 0.888. The number of rotatable bonds is 6. The van der Waals surface area contributed by atoms with Crippen molar-refractivity contribution < 1.29 is 9.13 Å². The highest BCUT2D eigenvalue weighted by atomic mass is 19.1. The molecule has 1 heterocycles. The Balaban J connectivity index is 2.02. The van der Waals surface area contributed by atoms with Gasteiger partial charge in [0.05, 0.1) is 13.7 Å². The Labute approximate surface area is 124 Å². The summed E-state index contributed by atoms with van der Waals surface area (Å²) in [6.45, 7) is 4.61. The zero-order valence-corrected chi connectivity index (χ0v) is 12.9. The van der Waals surface area contributed by atoms with E-state index >= 15 is 0 Å². The van der Waals surface area contributed by atoms with Gasteiger partial charge >= 0.3 is 0 Å². The van der Waals surface area contributed by atoms with Crippen molar-refractivity contribution in [2.45, 2.75) is 32.9 Å². The van der Waals surface area contributed by atoms with Gasteiger partial charge in [0.25, 0.3) is 0 Å². The summed E-state index contributed by atoms with van der Waals surface area (Å²) in [7, 11) is 3.41. The van der Waals surface area contributed by atoms with Gasteiger partial charge in [0.1, 0.15) is 11.6 Å². The highest BCUT2D eigenvalue weighted by molar-refractivity contribution is 5.30. The summed E-state index contributed by atoms with van der Waals surface area (Å²) in [5, 5.41) is 11.6. The second-order valence-corrected chi connectivity index (χ2v) is 4.94. The highest BCUT2D eigenvalue weighted by Gasteiger charge is 2.12. The van der Waals surface area contributed by atoms with Gasteiger partial charge in [-0.05, 0) is 24.6 Å². The van der Waals surface area contributed by atoms with Crippen LogP contribution in [0.3, 0.4) is 0 Å². The fraction of sp³-hybridized carbons (Fsp3) is 0.467. The first-order chi connectivity index (χ1) is 10.1. The fourth-order valence-electron chi connectivity index (χ4n) is 2.17. The average Bonchev–Trinajstić information content (AvgIpc) is 2.85. The van der Waals surface area contributed by atoms with Gasteiger partial charge in [-0.25, -0.2) is 4.39 Å². The first-order valence-corrected chi connectivity index (χ1v) is 7.00. The largest absolute Gasteiger partial charge is 0.494 e. The topological polar surface area (TPSA) is 52.0 Å². The lowest BCUT2D eigenvalue weighted by molar-refractivity contribution is 0.385. The molecule has 2 aromatic rings. The van der Waals surface area contributed by atoms with Crippen molar-refractivity contribution in [1.29, 1.82) is 0 Å². The van der Waals surface area contributed by atoms with Crippen LogP contribution in [0.5, 0.6) is 5.75 Å². The van der Waals surface area contributed by atoms with Crippen LogP contribution in [-0.2, 0) is 20.0 Å². The summed E-state index contributed by atoms with van der Waals surface area (Å²) in [6, 6.07) is 4.99. The number of hydrogen-bond acceptors (Lipinski definition) is 4. The molecule has 1 atom stereocenters. The zero-order chi connectivity index (χ0) is 15.4. The Hall–Kier alpha value is -1.95. The summed E-state index contributed by atoms with van der Waals surface area (Å²) in [6.07, 6.45) is 0.850. The van der Waals surface area contributed by atoms with Crippen molar-refractivity contribution >= 4 is 0 Å². The monoisotopic (exact) mass is 292 g/mol. The predicted octanol–water partition coefficient (Wildman–Crippen LogP) is 2.38. The van der Waals surface area contributed by atoms with E-state index in [9.17, 15) is 4.39 Å². The molecular weight excluding hydrogens is 271 g/mol. The van der Waals surface area contributed by atoms with Crippen LogP contribution < -0.4 is 10.1 Å². The maximum Gasteiger partial charge on any atom is 0.165 e. The molecular formula is C15H21FN4O. The predicted molar refractivity (Wildman–Crippen MR) is 78.6 cm³/mol.